The van der Waals surface area contributed by atoms with Crippen molar-refractivity contribution in [2.75, 3.05) is 11.5 Å². The van der Waals surface area contributed by atoms with Crippen LogP contribution in [0.25, 0.3) is 0 Å². The molecule has 4 N–H and O–H groups in total. The molecule has 0 atom stereocenters. The molecule has 0 saturated carbocycles. The van der Waals surface area contributed by atoms with E-state index < -0.39 is 5.97 Å². The molecule has 0 unspecified atom stereocenters. The van der Waals surface area contributed by atoms with E-state index in [1.165, 1.54) is 6.92 Å². The maximum absolute atomic E-state index is 11.0. The van der Waals surface area contributed by atoms with E-state index in [4.69, 9.17) is 20.9 Å². The number of nitrogen functional groups attached to an aromatic ring is 2. The van der Waals surface area contributed by atoms with Crippen LogP contribution in [0.3, 0.4) is 0 Å². The molecule has 2 aromatic rings. The highest BCUT2D eigenvalue weighted by molar-refractivity contribution is 9.11. The first-order chi connectivity index (χ1) is 9.86. The standard InChI is InChI=1S/C14H12Br2N2O3/c1-7(19)20-9-4-10(15)14(11(16)5-9)21-8-2-3-12(17)13(18)6-8/h2-6H,17-18H2,1H3. The van der Waals surface area contributed by atoms with Crippen LogP contribution in [-0.2, 0) is 4.79 Å². The molecular formula is C14H12Br2N2O3. The summed E-state index contributed by atoms with van der Waals surface area (Å²) >= 11 is 6.75. The zero-order valence-corrected chi connectivity index (χ0v) is 14.2. The van der Waals surface area contributed by atoms with Gasteiger partial charge in [-0.15, -0.1) is 0 Å². The number of hydrogen-bond acceptors (Lipinski definition) is 5. The second-order valence-corrected chi connectivity index (χ2v) is 5.91. The summed E-state index contributed by atoms with van der Waals surface area (Å²) in [5, 5.41) is 0. The second kappa shape index (κ2) is 6.36. The average Bonchev–Trinajstić information content (AvgIpc) is 2.37. The fourth-order valence-corrected chi connectivity index (χ4v) is 2.90. The molecule has 0 aliphatic heterocycles. The average molecular weight is 416 g/mol. The second-order valence-electron chi connectivity index (χ2n) is 4.20. The Morgan fingerprint density at radius 3 is 2.14 bits per heavy atom. The lowest BCUT2D eigenvalue weighted by molar-refractivity contribution is -0.131. The summed E-state index contributed by atoms with van der Waals surface area (Å²) in [6.45, 7) is 1.34. The van der Waals surface area contributed by atoms with Crippen LogP contribution < -0.4 is 20.9 Å². The lowest BCUT2D eigenvalue weighted by Gasteiger charge is -2.12. The lowest BCUT2D eigenvalue weighted by Crippen LogP contribution is -2.01. The van der Waals surface area contributed by atoms with E-state index in [0.717, 1.165) is 0 Å². The van der Waals surface area contributed by atoms with Crippen molar-refractivity contribution in [1.82, 2.24) is 0 Å². The van der Waals surface area contributed by atoms with Crippen molar-refractivity contribution < 1.29 is 14.3 Å². The van der Waals surface area contributed by atoms with Gasteiger partial charge in [-0.1, -0.05) is 0 Å². The third kappa shape index (κ3) is 3.89. The normalized spacial score (nSPS) is 10.2. The van der Waals surface area contributed by atoms with Gasteiger partial charge in [0.25, 0.3) is 0 Å². The first kappa shape index (κ1) is 15.7. The highest BCUT2D eigenvalue weighted by atomic mass is 79.9. The summed E-state index contributed by atoms with van der Waals surface area (Å²) in [6.07, 6.45) is 0. The number of benzene rings is 2. The van der Waals surface area contributed by atoms with Gasteiger partial charge in [0.1, 0.15) is 11.5 Å². The zero-order chi connectivity index (χ0) is 15.6. The largest absolute Gasteiger partial charge is 0.455 e. The van der Waals surface area contributed by atoms with E-state index in [9.17, 15) is 4.79 Å². The van der Waals surface area contributed by atoms with E-state index in [0.29, 0.717) is 37.6 Å². The van der Waals surface area contributed by atoms with Crippen LogP contribution in [0.1, 0.15) is 6.92 Å². The Kier molecular flexibility index (Phi) is 4.74. The van der Waals surface area contributed by atoms with E-state index in [2.05, 4.69) is 31.9 Å². The van der Waals surface area contributed by atoms with Gasteiger partial charge in [0.05, 0.1) is 20.3 Å². The van der Waals surface area contributed by atoms with E-state index in [-0.39, 0.29) is 0 Å². The molecule has 0 aromatic heterocycles. The summed E-state index contributed by atoms with van der Waals surface area (Å²) in [5.41, 5.74) is 12.3. The molecule has 21 heavy (non-hydrogen) atoms. The zero-order valence-electron chi connectivity index (χ0n) is 11.0. The van der Waals surface area contributed by atoms with Crippen LogP contribution in [0.4, 0.5) is 11.4 Å². The molecule has 0 aliphatic rings. The van der Waals surface area contributed by atoms with Gasteiger partial charge in [-0.2, -0.15) is 0 Å². The van der Waals surface area contributed by atoms with Gasteiger partial charge in [-0.3, -0.25) is 4.79 Å². The highest BCUT2D eigenvalue weighted by Gasteiger charge is 2.12. The van der Waals surface area contributed by atoms with Crippen molar-refractivity contribution in [3.8, 4) is 17.2 Å². The van der Waals surface area contributed by atoms with Crippen LogP contribution in [0.2, 0.25) is 0 Å². The minimum atomic E-state index is -0.395. The molecule has 0 heterocycles. The predicted molar refractivity (Wildman–Crippen MR) is 88.5 cm³/mol. The van der Waals surface area contributed by atoms with Crippen LogP contribution in [0, 0.1) is 0 Å². The fraction of sp³-hybridized carbons (Fsp3) is 0.0714. The van der Waals surface area contributed by atoms with Crippen LogP contribution in [0.5, 0.6) is 17.2 Å². The minimum absolute atomic E-state index is 0.395. The molecule has 0 saturated heterocycles. The topological polar surface area (TPSA) is 87.6 Å². The smallest absolute Gasteiger partial charge is 0.308 e. The number of carbonyl (C=O) groups is 1. The Morgan fingerprint density at radius 2 is 1.62 bits per heavy atom. The first-order valence-corrected chi connectivity index (χ1v) is 7.45. The van der Waals surface area contributed by atoms with E-state index in [1.807, 2.05) is 0 Å². The molecule has 0 bridgehead atoms. The van der Waals surface area contributed by atoms with Crippen molar-refractivity contribution in [2.45, 2.75) is 6.92 Å². The number of halogens is 2. The molecule has 2 rings (SSSR count). The number of hydrogen-bond donors (Lipinski definition) is 2. The molecule has 7 heteroatoms. The number of ether oxygens (including phenoxy) is 2. The summed E-state index contributed by atoms with van der Waals surface area (Å²) in [7, 11) is 0. The fourth-order valence-electron chi connectivity index (χ4n) is 1.59. The van der Waals surface area contributed by atoms with Crippen LogP contribution in [-0.4, -0.2) is 5.97 Å². The molecule has 0 fully saturated rings. The lowest BCUT2D eigenvalue weighted by atomic mass is 10.2. The number of anilines is 2. The van der Waals surface area contributed by atoms with Crippen molar-refractivity contribution >= 4 is 49.2 Å². The summed E-state index contributed by atoms with van der Waals surface area (Å²) in [5.74, 6) is 1.10. The molecular weight excluding hydrogens is 404 g/mol. The Labute approximate surface area is 138 Å². The predicted octanol–water partition coefficient (Wildman–Crippen LogP) is 4.09. The quantitative estimate of drug-likeness (QED) is 0.447. The molecule has 0 radical (unpaired) electrons. The van der Waals surface area contributed by atoms with E-state index >= 15 is 0 Å². The molecule has 0 amide bonds. The van der Waals surface area contributed by atoms with Crippen molar-refractivity contribution in [2.24, 2.45) is 0 Å². The maximum Gasteiger partial charge on any atom is 0.308 e. The Bertz CT molecular complexity index is 682. The number of carbonyl (C=O) groups excluding carboxylic acids is 1. The van der Waals surface area contributed by atoms with Crippen molar-refractivity contribution in [3.63, 3.8) is 0 Å². The highest BCUT2D eigenvalue weighted by Crippen LogP contribution is 2.40. The monoisotopic (exact) mass is 414 g/mol. The molecule has 0 spiro atoms. The van der Waals surface area contributed by atoms with Gasteiger partial charge in [0.15, 0.2) is 5.75 Å². The summed E-state index contributed by atoms with van der Waals surface area (Å²) in [6, 6.07) is 8.29. The van der Waals surface area contributed by atoms with Gasteiger partial charge in [0.2, 0.25) is 0 Å². The first-order valence-electron chi connectivity index (χ1n) is 5.87. The van der Waals surface area contributed by atoms with Gasteiger partial charge >= 0.3 is 5.97 Å². The Morgan fingerprint density at radius 1 is 1.00 bits per heavy atom. The Hall–Kier alpha value is -1.73. The number of esters is 1. The number of rotatable bonds is 3. The van der Waals surface area contributed by atoms with Crippen LogP contribution >= 0.6 is 31.9 Å². The SMILES string of the molecule is CC(=O)Oc1cc(Br)c(Oc2ccc(N)c(N)c2)c(Br)c1. The third-order valence-corrected chi connectivity index (χ3v) is 3.69. The summed E-state index contributed by atoms with van der Waals surface area (Å²) in [4.78, 5) is 11.0. The summed E-state index contributed by atoms with van der Waals surface area (Å²) < 4.78 is 12.0. The van der Waals surface area contributed by atoms with Gasteiger partial charge < -0.3 is 20.9 Å². The molecule has 110 valence electrons. The molecule has 5 nitrogen and oxygen atoms in total. The Balaban J connectivity index is 2.31. The van der Waals surface area contributed by atoms with Crippen molar-refractivity contribution in [3.05, 3.63) is 39.3 Å². The third-order valence-electron chi connectivity index (χ3n) is 2.51. The molecule has 2 aromatic carbocycles. The van der Waals surface area contributed by atoms with Crippen LogP contribution in [0.15, 0.2) is 39.3 Å². The molecule has 0 aliphatic carbocycles. The minimum Gasteiger partial charge on any atom is -0.455 e. The van der Waals surface area contributed by atoms with Crippen molar-refractivity contribution in [1.29, 1.82) is 0 Å². The number of nitrogens with two attached hydrogens (primary N) is 2. The van der Waals surface area contributed by atoms with Gasteiger partial charge in [-0.05, 0) is 56.1 Å². The van der Waals surface area contributed by atoms with Gasteiger partial charge in [0, 0.05) is 13.0 Å². The van der Waals surface area contributed by atoms with E-state index in [1.54, 1.807) is 30.3 Å². The van der Waals surface area contributed by atoms with Gasteiger partial charge in [-0.25, -0.2) is 0 Å². The maximum atomic E-state index is 11.0.